The molecule has 4 amide bonds. The predicted molar refractivity (Wildman–Crippen MR) is 148 cm³/mol. The van der Waals surface area contributed by atoms with Gasteiger partial charge in [0.15, 0.2) is 5.96 Å². The molecule has 1 rings (SSSR count). The second-order valence-corrected chi connectivity index (χ2v) is 9.39. The average molecular weight is 595 g/mol. The number of nitrogens with two attached hydrogens (primary N) is 4. The number of carboxylic acid groups (broad SMARTS) is 2. The fraction of sp³-hybridized carbons (Fsp3) is 0.480. The lowest BCUT2D eigenvalue weighted by atomic mass is 10.0. The Morgan fingerprint density at radius 1 is 0.762 bits per heavy atom. The van der Waals surface area contributed by atoms with E-state index < -0.39 is 72.6 Å². The number of rotatable bonds is 19. The van der Waals surface area contributed by atoms with E-state index in [1.165, 1.54) is 24.3 Å². The summed E-state index contributed by atoms with van der Waals surface area (Å²) >= 11 is 0. The summed E-state index contributed by atoms with van der Waals surface area (Å²) in [6.07, 6.45) is -1.17. The van der Waals surface area contributed by atoms with Gasteiger partial charge in [-0.25, -0.2) is 4.79 Å². The number of hydrogen-bond acceptors (Lipinski definition) is 9. The van der Waals surface area contributed by atoms with E-state index in [2.05, 4.69) is 20.9 Å². The van der Waals surface area contributed by atoms with E-state index in [1.54, 1.807) is 0 Å². The van der Waals surface area contributed by atoms with Gasteiger partial charge in [0, 0.05) is 25.8 Å². The molecule has 0 aliphatic carbocycles. The zero-order valence-corrected chi connectivity index (χ0v) is 22.8. The molecule has 0 heterocycles. The molecule has 0 radical (unpaired) electrons. The number of carboxylic acids is 2. The van der Waals surface area contributed by atoms with Crippen LogP contribution in [-0.2, 0) is 35.2 Å². The number of aromatic hydroxyl groups is 1. The SMILES string of the molecule is NC(=O)CCC(NC(=O)C(N)CCCN=C(N)N)C(=O)NC(Cc1ccc(O)cc1)C(=O)NC(CCC(=O)O)C(=O)O. The largest absolute Gasteiger partial charge is 0.508 e. The highest BCUT2D eigenvalue weighted by atomic mass is 16.4. The summed E-state index contributed by atoms with van der Waals surface area (Å²) in [7, 11) is 0. The molecule has 42 heavy (non-hydrogen) atoms. The first-order valence-electron chi connectivity index (χ1n) is 12.9. The van der Waals surface area contributed by atoms with Crippen LogP contribution in [0, 0.1) is 0 Å². The van der Waals surface area contributed by atoms with Crippen LogP contribution in [-0.4, -0.2) is 87.6 Å². The molecule has 0 spiro atoms. The molecule has 0 aliphatic heterocycles. The molecule has 14 N–H and O–H groups in total. The van der Waals surface area contributed by atoms with E-state index >= 15 is 0 Å². The summed E-state index contributed by atoms with van der Waals surface area (Å²) in [4.78, 5) is 76.8. The van der Waals surface area contributed by atoms with Gasteiger partial charge in [-0.1, -0.05) is 12.1 Å². The van der Waals surface area contributed by atoms with Crippen molar-refractivity contribution in [1.82, 2.24) is 16.0 Å². The zero-order valence-electron chi connectivity index (χ0n) is 22.8. The third-order valence-corrected chi connectivity index (χ3v) is 5.89. The number of guanidine groups is 1. The number of benzene rings is 1. The average Bonchev–Trinajstić information content (AvgIpc) is 2.91. The second-order valence-electron chi connectivity index (χ2n) is 9.39. The number of nitrogens with zero attached hydrogens (tertiary/aromatic N) is 1. The van der Waals surface area contributed by atoms with Crippen LogP contribution in [0.1, 0.15) is 44.1 Å². The van der Waals surface area contributed by atoms with Crippen LogP contribution in [0.4, 0.5) is 0 Å². The van der Waals surface area contributed by atoms with Crippen LogP contribution in [0.15, 0.2) is 29.3 Å². The van der Waals surface area contributed by atoms with Crippen LogP contribution in [0.2, 0.25) is 0 Å². The highest BCUT2D eigenvalue weighted by Gasteiger charge is 2.31. The number of amides is 4. The number of aliphatic imine (C=N–C) groups is 1. The molecule has 0 saturated carbocycles. The molecule has 1 aromatic rings. The third-order valence-electron chi connectivity index (χ3n) is 5.89. The Morgan fingerprint density at radius 2 is 1.31 bits per heavy atom. The number of carbonyl (C=O) groups is 6. The number of phenolic OH excluding ortho intramolecular Hbond substituents is 1. The Hall–Kier alpha value is -4.93. The van der Waals surface area contributed by atoms with E-state index in [1.807, 2.05) is 0 Å². The van der Waals surface area contributed by atoms with Crippen molar-refractivity contribution in [3.63, 3.8) is 0 Å². The van der Waals surface area contributed by atoms with Gasteiger partial charge in [-0.15, -0.1) is 0 Å². The minimum absolute atomic E-state index is 0.0627. The molecule has 0 bridgehead atoms. The maximum Gasteiger partial charge on any atom is 0.326 e. The maximum atomic E-state index is 13.3. The van der Waals surface area contributed by atoms with Crippen LogP contribution >= 0.6 is 0 Å². The van der Waals surface area contributed by atoms with Gasteiger partial charge in [-0.3, -0.25) is 29.0 Å². The molecule has 17 heteroatoms. The summed E-state index contributed by atoms with van der Waals surface area (Å²) in [5.74, 6) is -6.29. The van der Waals surface area contributed by atoms with Gasteiger partial charge in [0.2, 0.25) is 23.6 Å². The zero-order chi connectivity index (χ0) is 31.8. The third kappa shape index (κ3) is 13.9. The highest BCUT2D eigenvalue weighted by molar-refractivity contribution is 5.94. The van der Waals surface area contributed by atoms with E-state index in [-0.39, 0.29) is 43.9 Å². The summed E-state index contributed by atoms with van der Waals surface area (Å²) in [6.45, 7) is 0.215. The van der Waals surface area contributed by atoms with Crippen molar-refractivity contribution in [1.29, 1.82) is 0 Å². The molecular formula is C25H38N8O9. The molecule has 1 aromatic carbocycles. The van der Waals surface area contributed by atoms with Crippen molar-refractivity contribution in [2.24, 2.45) is 27.9 Å². The minimum atomic E-state index is -1.57. The number of phenols is 1. The molecule has 0 saturated heterocycles. The maximum absolute atomic E-state index is 13.3. The van der Waals surface area contributed by atoms with Crippen LogP contribution < -0.4 is 38.9 Å². The molecule has 4 atom stereocenters. The quantitative estimate of drug-likeness (QED) is 0.0435. The lowest BCUT2D eigenvalue weighted by molar-refractivity contribution is -0.143. The molecule has 4 unspecified atom stereocenters. The number of aliphatic carboxylic acids is 2. The van der Waals surface area contributed by atoms with Gasteiger partial charge in [-0.2, -0.15) is 0 Å². The predicted octanol–water partition coefficient (Wildman–Crippen LogP) is -3.02. The molecule has 17 nitrogen and oxygen atoms in total. The van der Waals surface area contributed by atoms with E-state index in [0.717, 1.165) is 0 Å². The van der Waals surface area contributed by atoms with Gasteiger partial charge < -0.3 is 54.2 Å². The fourth-order valence-corrected chi connectivity index (χ4v) is 3.63. The topological polar surface area (TPSA) is 316 Å². The van der Waals surface area contributed by atoms with Crippen molar-refractivity contribution in [2.45, 2.75) is 69.1 Å². The summed E-state index contributed by atoms with van der Waals surface area (Å²) in [6, 6.07) is 0.205. The van der Waals surface area contributed by atoms with Crippen LogP contribution in [0.5, 0.6) is 5.75 Å². The van der Waals surface area contributed by atoms with Crippen molar-refractivity contribution >= 4 is 41.5 Å². The summed E-state index contributed by atoms with van der Waals surface area (Å²) in [5.41, 5.74) is 22.1. The molecule has 0 aromatic heterocycles. The lowest BCUT2D eigenvalue weighted by Crippen LogP contribution is -2.57. The Labute approximate surface area is 241 Å². The van der Waals surface area contributed by atoms with Crippen molar-refractivity contribution in [3.8, 4) is 5.75 Å². The molecule has 0 fully saturated rings. The molecule has 0 aliphatic rings. The summed E-state index contributed by atoms with van der Waals surface area (Å²) in [5, 5.41) is 35.0. The smallest absolute Gasteiger partial charge is 0.326 e. The second kappa shape index (κ2) is 17.7. The first-order chi connectivity index (χ1) is 19.7. The van der Waals surface area contributed by atoms with Gasteiger partial charge in [0.05, 0.1) is 6.04 Å². The van der Waals surface area contributed by atoms with Crippen LogP contribution in [0.3, 0.4) is 0 Å². The van der Waals surface area contributed by atoms with Crippen molar-refractivity contribution in [2.75, 3.05) is 6.54 Å². The first kappa shape index (κ1) is 35.1. The van der Waals surface area contributed by atoms with Crippen molar-refractivity contribution in [3.05, 3.63) is 29.8 Å². The summed E-state index contributed by atoms with van der Waals surface area (Å²) < 4.78 is 0. The first-order valence-corrected chi connectivity index (χ1v) is 12.9. The van der Waals surface area contributed by atoms with Crippen LogP contribution in [0.25, 0.3) is 0 Å². The lowest BCUT2D eigenvalue weighted by Gasteiger charge is -2.25. The Balaban J connectivity index is 3.13. The monoisotopic (exact) mass is 594 g/mol. The highest BCUT2D eigenvalue weighted by Crippen LogP contribution is 2.12. The Bertz CT molecular complexity index is 1140. The number of primary amides is 1. The normalized spacial score (nSPS) is 13.5. The van der Waals surface area contributed by atoms with E-state index in [4.69, 9.17) is 28.0 Å². The standard InChI is InChI=1S/C25H38N8O9/c26-15(2-1-11-30-25(28)29)21(38)31-16(7-9-19(27)35)22(39)33-18(12-13-3-5-14(34)6-4-13)23(40)32-17(24(41)42)8-10-20(36)37/h3-6,15-18,34H,1-2,7-12,26H2,(H2,27,35)(H,31,38)(H,32,40)(H,33,39)(H,36,37)(H,41,42)(H4,28,29,30). The minimum Gasteiger partial charge on any atom is -0.508 e. The Kier molecular flexibility index (Phi) is 14.8. The number of hydrogen-bond donors (Lipinski definition) is 10. The van der Waals surface area contributed by atoms with Gasteiger partial charge in [0.25, 0.3) is 0 Å². The molecular weight excluding hydrogens is 556 g/mol. The Morgan fingerprint density at radius 3 is 1.86 bits per heavy atom. The van der Waals surface area contributed by atoms with Crippen molar-refractivity contribution < 1.29 is 44.1 Å². The van der Waals surface area contributed by atoms with E-state index in [9.17, 15) is 39.0 Å². The fourth-order valence-electron chi connectivity index (χ4n) is 3.63. The van der Waals surface area contributed by atoms with Gasteiger partial charge >= 0.3 is 11.9 Å². The molecule has 232 valence electrons. The number of carbonyl (C=O) groups excluding carboxylic acids is 4. The number of nitrogens with one attached hydrogen (secondary N) is 3. The van der Waals surface area contributed by atoms with Gasteiger partial charge in [-0.05, 0) is 43.4 Å². The van der Waals surface area contributed by atoms with Gasteiger partial charge in [0.1, 0.15) is 23.9 Å². The van der Waals surface area contributed by atoms with E-state index in [0.29, 0.717) is 12.0 Å².